The van der Waals surface area contributed by atoms with Crippen molar-refractivity contribution in [1.82, 2.24) is 0 Å². The van der Waals surface area contributed by atoms with Crippen LogP contribution in [0.15, 0.2) is 36.4 Å². The highest BCUT2D eigenvalue weighted by atomic mass is 16.3. The van der Waals surface area contributed by atoms with Gasteiger partial charge in [-0.05, 0) is 37.1 Å². The van der Waals surface area contributed by atoms with E-state index in [0.29, 0.717) is 11.1 Å². The Morgan fingerprint density at radius 3 is 1.43 bits per heavy atom. The number of phenolic OH excluding ortho intramolecular Hbond substituents is 2. The van der Waals surface area contributed by atoms with Crippen molar-refractivity contribution in [2.75, 3.05) is 0 Å². The van der Waals surface area contributed by atoms with Crippen molar-refractivity contribution < 1.29 is 19.8 Å². The average molecular weight is 312 g/mol. The molecule has 0 aromatic heterocycles. The summed E-state index contributed by atoms with van der Waals surface area (Å²) in [6, 6.07) is 9.76. The first-order valence-electron chi connectivity index (χ1n) is 7.34. The summed E-state index contributed by atoms with van der Waals surface area (Å²) < 4.78 is 0. The minimum atomic E-state index is -0.751. The van der Waals surface area contributed by atoms with Crippen LogP contribution in [-0.2, 0) is 5.41 Å². The van der Waals surface area contributed by atoms with E-state index in [1.807, 2.05) is 13.8 Å². The number of Topliss-reactive ketones (excluding diaryl/α,β-unsaturated/α-hetero) is 2. The number of hydrogen-bond acceptors (Lipinski definition) is 4. The third kappa shape index (κ3) is 2.84. The van der Waals surface area contributed by atoms with E-state index in [-0.39, 0.29) is 34.2 Å². The number of ketones is 2. The van der Waals surface area contributed by atoms with Crippen LogP contribution in [0.5, 0.6) is 11.5 Å². The van der Waals surface area contributed by atoms with Gasteiger partial charge in [-0.15, -0.1) is 0 Å². The average Bonchev–Trinajstić information content (AvgIpc) is 2.45. The van der Waals surface area contributed by atoms with Crippen LogP contribution < -0.4 is 0 Å². The summed E-state index contributed by atoms with van der Waals surface area (Å²) in [7, 11) is 0. The molecule has 4 heteroatoms. The lowest BCUT2D eigenvalue weighted by Gasteiger charge is -2.30. The molecular weight excluding hydrogens is 292 g/mol. The lowest BCUT2D eigenvalue weighted by molar-refractivity contribution is 0.100. The molecule has 0 bridgehead atoms. The summed E-state index contributed by atoms with van der Waals surface area (Å²) in [5.41, 5.74) is 0.932. The van der Waals surface area contributed by atoms with E-state index in [0.717, 1.165) is 0 Å². The maximum atomic E-state index is 12.0. The zero-order valence-corrected chi connectivity index (χ0v) is 13.7. The molecule has 0 fully saturated rings. The molecule has 120 valence electrons. The first-order valence-corrected chi connectivity index (χ1v) is 7.34. The van der Waals surface area contributed by atoms with Gasteiger partial charge in [0, 0.05) is 5.41 Å². The fraction of sp³-hybridized carbons (Fsp3) is 0.263. The number of phenols is 2. The fourth-order valence-electron chi connectivity index (χ4n) is 3.01. The summed E-state index contributed by atoms with van der Waals surface area (Å²) in [6.45, 7) is 6.50. The normalized spacial score (nSPS) is 11.3. The zero-order chi connectivity index (χ0) is 17.4. The van der Waals surface area contributed by atoms with Crippen molar-refractivity contribution in [2.45, 2.75) is 33.1 Å². The van der Waals surface area contributed by atoms with E-state index in [4.69, 9.17) is 0 Å². The van der Waals surface area contributed by atoms with Crippen LogP contribution in [0.3, 0.4) is 0 Å². The van der Waals surface area contributed by atoms with Crippen LogP contribution in [0, 0.1) is 0 Å². The maximum absolute atomic E-state index is 12.0. The smallest absolute Gasteiger partial charge is 0.163 e. The number of benzene rings is 2. The number of aromatic hydroxyl groups is 2. The van der Waals surface area contributed by atoms with Gasteiger partial charge in [-0.3, -0.25) is 9.59 Å². The van der Waals surface area contributed by atoms with Crippen LogP contribution in [0.25, 0.3) is 0 Å². The fourth-order valence-corrected chi connectivity index (χ4v) is 3.01. The minimum absolute atomic E-state index is 0.0902. The Morgan fingerprint density at radius 1 is 0.783 bits per heavy atom. The molecule has 23 heavy (non-hydrogen) atoms. The number of hydrogen-bond donors (Lipinski definition) is 2. The van der Waals surface area contributed by atoms with E-state index in [1.54, 1.807) is 24.3 Å². The Hall–Kier alpha value is -2.62. The molecule has 2 aromatic carbocycles. The van der Waals surface area contributed by atoms with Gasteiger partial charge >= 0.3 is 0 Å². The Balaban J connectivity index is 2.80. The topological polar surface area (TPSA) is 74.6 Å². The third-order valence-electron chi connectivity index (χ3n) is 4.14. The van der Waals surface area contributed by atoms with Crippen LogP contribution in [0.2, 0.25) is 0 Å². The van der Waals surface area contributed by atoms with E-state index in [9.17, 15) is 19.8 Å². The van der Waals surface area contributed by atoms with Gasteiger partial charge < -0.3 is 10.2 Å². The second-order valence-electron chi connectivity index (χ2n) is 6.14. The summed E-state index contributed by atoms with van der Waals surface area (Å²) in [5, 5.41) is 20.1. The van der Waals surface area contributed by atoms with E-state index in [1.165, 1.54) is 26.0 Å². The van der Waals surface area contributed by atoms with Crippen molar-refractivity contribution in [1.29, 1.82) is 0 Å². The standard InChI is InChI=1S/C19H20O4/c1-11(20)17-13(7-5-9-15(17)22)19(3,4)14-8-6-10-16(23)18(14)12(2)21/h5-10,22-23H,1-4H3. The Bertz CT molecular complexity index is 722. The van der Waals surface area contributed by atoms with Crippen molar-refractivity contribution in [3.8, 4) is 11.5 Å². The number of carbonyl (C=O) groups is 2. The van der Waals surface area contributed by atoms with Crippen LogP contribution in [0.4, 0.5) is 0 Å². The molecule has 2 rings (SSSR count). The summed E-state index contributed by atoms with van der Waals surface area (Å²) >= 11 is 0. The van der Waals surface area contributed by atoms with Gasteiger partial charge in [0.15, 0.2) is 11.6 Å². The van der Waals surface area contributed by atoms with Gasteiger partial charge in [0.1, 0.15) is 11.5 Å². The molecule has 0 heterocycles. The largest absolute Gasteiger partial charge is 0.507 e. The van der Waals surface area contributed by atoms with Crippen LogP contribution in [0.1, 0.15) is 59.5 Å². The van der Waals surface area contributed by atoms with Gasteiger partial charge in [0.25, 0.3) is 0 Å². The zero-order valence-electron chi connectivity index (χ0n) is 13.7. The van der Waals surface area contributed by atoms with E-state index in [2.05, 4.69) is 0 Å². The lowest BCUT2D eigenvalue weighted by atomic mass is 9.73. The molecule has 0 spiro atoms. The van der Waals surface area contributed by atoms with E-state index >= 15 is 0 Å². The highest BCUT2D eigenvalue weighted by Crippen LogP contribution is 2.40. The second kappa shape index (κ2) is 5.88. The van der Waals surface area contributed by atoms with Gasteiger partial charge in [0.05, 0.1) is 11.1 Å². The first kappa shape index (κ1) is 16.7. The number of carbonyl (C=O) groups excluding carboxylic acids is 2. The molecule has 0 aliphatic carbocycles. The molecule has 0 radical (unpaired) electrons. The molecule has 0 unspecified atom stereocenters. The summed E-state index contributed by atoms with van der Waals surface area (Å²) in [6.07, 6.45) is 0. The molecule has 4 nitrogen and oxygen atoms in total. The predicted octanol–water partition coefficient (Wildman–Crippen LogP) is 3.83. The Kier molecular flexibility index (Phi) is 4.28. The molecule has 0 aliphatic heterocycles. The molecule has 2 N–H and O–H groups in total. The van der Waals surface area contributed by atoms with Crippen molar-refractivity contribution in [3.63, 3.8) is 0 Å². The van der Waals surface area contributed by atoms with Gasteiger partial charge in [-0.2, -0.15) is 0 Å². The third-order valence-corrected chi connectivity index (χ3v) is 4.14. The van der Waals surface area contributed by atoms with Gasteiger partial charge in [0.2, 0.25) is 0 Å². The molecule has 2 aromatic rings. The number of rotatable bonds is 4. The highest BCUT2D eigenvalue weighted by molar-refractivity contribution is 6.00. The van der Waals surface area contributed by atoms with Crippen molar-refractivity contribution in [2.24, 2.45) is 0 Å². The molecule has 0 saturated carbocycles. The molecule has 0 atom stereocenters. The maximum Gasteiger partial charge on any atom is 0.163 e. The molecule has 0 saturated heterocycles. The monoisotopic (exact) mass is 312 g/mol. The molecule has 0 aliphatic rings. The SMILES string of the molecule is CC(=O)c1c(O)cccc1C(C)(C)c1cccc(O)c1C(C)=O. The van der Waals surface area contributed by atoms with Gasteiger partial charge in [-0.25, -0.2) is 0 Å². The summed E-state index contributed by atoms with van der Waals surface area (Å²) in [4.78, 5) is 23.9. The minimum Gasteiger partial charge on any atom is -0.507 e. The second-order valence-corrected chi connectivity index (χ2v) is 6.14. The van der Waals surface area contributed by atoms with Crippen molar-refractivity contribution >= 4 is 11.6 Å². The van der Waals surface area contributed by atoms with Gasteiger partial charge in [-0.1, -0.05) is 38.1 Å². The quantitative estimate of drug-likeness (QED) is 0.841. The van der Waals surface area contributed by atoms with Crippen molar-refractivity contribution in [3.05, 3.63) is 58.7 Å². The highest BCUT2D eigenvalue weighted by Gasteiger charge is 2.32. The first-order chi connectivity index (χ1) is 10.7. The van der Waals surface area contributed by atoms with Crippen LogP contribution in [-0.4, -0.2) is 21.8 Å². The van der Waals surface area contributed by atoms with Crippen LogP contribution >= 0.6 is 0 Å². The Morgan fingerprint density at radius 2 is 1.13 bits per heavy atom. The summed E-state index contributed by atoms with van der Waals surface area (Å²) in [5.74, 6) is -0.688. The lowest BCUT2D eigenvalue weighted by Crippen LogP contribution is -2.24. The molecule has 0 amide bonds. The molecular formula is C19H20O4. The Labute approximate surface area is 135 Å². The predicted molar refractivity (Wildman–Crippen MR) is 88.4 cm³/mol. The van der Waals surface area contributed by atoms with E-state index < -0.39 is 5.41 Å².